The van der Waals surface area contributed by atoms with Gasteiger partial charge in [-0.05, 0) is 98.6 Å². The summed E-state index contributed by atoms with van der Waals surface area (Å²) >= 11 is 10.3. The number of nitrogens with two attached hydrogens (primary N) is 1. The second-order valence-electron chi connectivity index (χ2n) is 15.4. The molecule has 0 unspecified atom stereocenters. The van der Waals surface area contributed by atoms with E-state index in [-0.39, 0.29) is 0 Å². The molecule has 0 spiro atoms. The van der Waals surface area contributed by atoms with E-state index in [4.69, 9.17) is 20.4 Å². The Balaban J connectivity index is 0.000000128. The molecule has 0 saturated heterocycles. The molecule has 4 saturated carbocycles. The zero-order valence-corrected chi connectivity index (χ0v) is 34.3. The lowest BCUT2D eigenvalue weighted by molar-refractivity contribution is 0.0595. The van der Waals surface area contributed by atoms with Crippen molar-refractivity contribution >= 4 is 66.4 Å². The van der Waals surface area contributed by atoms with E-state index >= 15 is 0 Å². The average Bonchev–Trinajstić information content (AvgIpc) is 4.02. The minimum Gasteiger partial charge on any atom is -0.464 e. The van der Waals surface area contributed by atoms with E-state index < -0.39 is 11.9 Å². The number of primary amides is 1. The zero-order valence-electron chi connectivity index (χ0n) is 29.5. The van der Waals surface area contributed by atoms with Gasteiger partial charge in [0.1, 0.15) is 33.1 Å². The number of methoxy groups -OCH3 is 1. The average molecular weight is 900 g/mol. The maximum Gasteiger partial charge on any atom is 0.359 e. The number of imidazole rings is 2. The second kappa shape index (κ2) is 12.7. The van der Waals surface area contributed by atoms with Crippen molar-refractivity contribution in [2.45, 2.75) is 87.1 Å². The third-order valence-corrected chi connectivity index (χ3v) is 15.1. The van der Waals surface area contributed by atoms with E-state index in [0.29, 0.717) is 47.1 Å². The SMILES string of the molecule is COC(=O)c1nc2n(c1-c1nnc(C3CC3)s1)C1CC(C1)c1ccc(Br)cc1-2.NC(=O)c1nc2n(c1-c1nnc(C3CC3)s1)C1CC(C1)c1ccc(Br)cc1-2. The molecule has 1 amide bonds. The number of hydrogen-bond donors (Lipinski definition) is 1. The number of rotatable bonds is 6. The first-order chi connectivity index (χ1) is 26.7. The molecule has 4 fully saturated rings. The number of aromatic nitrogens is 8. The minimum absolute atomic E-state index is 0.305. The van der Waals surface area contributed by atoms with Gasteiger partial charge in [0.15, 0.2) is 21.4 Å². The molecule has 2 N–H and O–H groups in total. The largest absolute Gasteiger partial charge is 0.464 e. The predicted molar refractivity (Wildman–Crippen MR) is 214 cm³/mol. The van der Waals surface area contributed by atoms with Crippen LogP contribution in [-0.4, -0.2) is 58.5 Å². The van der Waals surface area contributed by atoms with Crippen LogP contribution in [0.5, 0.6) is 0 Å². The smallest absolute Gasteiger partial charge is 0.359 e. The van der Waals surface area contributed by atoms with Gasteiger partial charge in [0.2, 0.25) is 0 Å². The Morgan fingerprint density at radius 2 is 1.15 bits per heavy atom. The minimum atomic E-state index is -0.513. The van der Waals surface area contributed by atoms with Crippen LogP contribution in [0.3, 0.4) is 0 Å². The van der Waals surface area contributed by atoms with Crippen LogP contribution >= 0.6 is 54.5 Å². The lowest BCUT2D eigenvalue weighted by Gasteiger charge is -2.35. The van der Waals surface area contributed by atoms with Crippen LogP contribution in [0.2, 0.25) is 0 Å². The molecule has 14 rings (SSSR count). The van der Waals surface area contributed by atoms with Gasteiger partial charge >= 0.3 is 5.97 Å². The fourth-order valence-electron chi connectivity index (χ4n) is 8.69. The lowest BCUT2D eigenvalue weighted by Crippen LogP contribution is -2.24. The summed E-state index contributed by atoms with van der Waals surface area (Å²) in [5.74, 6) is 2.87. The Morgan fingerprint density at radius 1 is 0.691 bits per heavy atom. The van der Waals surface area contributed by atoms with E-state index in [1.165, 1.54) is 43.9 Å². The normalized spacial score (nSPS) is 22.3. The zero-order chi connectivity index (χ0) is 37.3. The number of ether oxygens (including phenoxy) is 1. The predicted octanol–water partition coefficient (Wildman–Crippen LogP) is 9.17. The molecule has 4 aliphatic carbocycles. The standard InChI is InChI=1S/C20H17BrN4O2S.C19H16BrN5OS/c1-27-20(26)15-16(19-24-23-18(28-19)9-2-3-9)25-12-6-10(7-12)13-5-4-11(21)8-14(13)17(25)22-15;20-10-3-4-12-9-5-11(6-9)25-15(19-24-23-18(27-19)8-1-2-8)14(16(21)26)22-17(25)13(12)7-10/h4-5,8-10,12H,2-3,6-7H2,1H3;3-4,7-9,11H,1-2,5-6H2,(H2,21,26). The van der Waals surface area contributed by atoms with E-state index in [1.54, 1.807) is 22.7 Å². The monoisotopic (exact) mass is 897 g/mol. The molecule has 8 heterocycles. The molecular formula is C39H33Br2N9O3S2. The van der Waals surface area contributed by atoms with Gasteiger partial charge in [-0.2, -0.15) is 0 Å². The highest BCUT2D eigenvalue weighted by Crippen LogP contribution is 2.56. The molecule has 4 bridgehead atoms. The van der Waals surface area contributed by atoms with Crippen LogP contribution in [0, 0.1) is 0 Å². The molecule has 55 heavy (non-hydrogen) atoms. The molecule has 16 heteroatoms. The number of carbonyl (C=O) groups excluding carboxylic acids is 2. The van der Waals surface area contributed by atoms with Crippen molar-refractivity contribution in [1.82, 2.24) is 39.5 Å². The highest BCUT2D eigenvalue weighted by molar-refractivity contribution is 9.10. The summed E-state index contributed by atoms with van der Waals surface area (Å²) in [6.07, 6.45) is 8.92. The van der Waals surface area contributed by atoms with Gasteiger partial charge in [-0.25, -0.2) is 14.8 Å². The molecule has 0 radical (unpaired) electrons. The first-order valence-electron chi connectivity index (χ1n) is 18.6. The van der Waals surface area contributed by atoms with Crippen LogP contribution in [0.1, 0.15) is 129 Å². The fraction of sp³-hybridized carbons (Fsp3) is 0.385. The topological polar surface area (TPSA) is 157 Å². The molecular weight excluding hydrogens is 866 g/mol. The number of halogens is 2. The highest BCUT2D eigenvalue weighted by Gasteiger charge is 2.44. The van der Waals surface area contributed by atoms with Crippen molar-refractivity contribution in [2.24, 2.45) is 5.73 Å². The van der Waals surface area contributed by atoms with Crippen molar-refractivity contribution in [2.75, 3.05) is 7.11 Å². The van der Waals surface area contributed by atoms with Crippen molar-refractivity contribution in [3.05, 3.63) is 77.9 Å². The molecule has 278 valence electrons. The van der Waals surface area contributed by atoms with Crippen molar-refractivity contribution in [1.29, 1.82) is 0 Å². The molecule has 4 aliphatic heterocycles. The van der Waals surface area contributed by atoms with Crippen LogP contribution in [0.25, 0.3) is 44.2 Å². The van der Waals surface area contributed by atoms with Gasteiger partial charge in [-0.3, -0.25) is 4.79 Å². The second-order valence-corrected chi connectivity index (χ2v) is 19.3. The fourth-order valence-corrected chi connectivity index (χ4v) is 11.5. The molecule has 4 aromatic heterocycles. The summed E-state index contributed by atoms with van der Waals surface area (Å²) in [6.45, 7) is 0. The third kappa shape index (κ3) is 5.52. The van der Waals surface area contributed by atoms with Gasteiger partial charge in [0, 0.05) is 44.0 Å². The number of amides is 1. The molecule has 0 atom stereocenters. The van der Waals surface area contributed by atoms with E-state index in [9.17, 15) is 9.59 Å². The summed E-state index contributed by atoms with van der Waals surface area (Å²) < 4.78 is 11.5. The van der Waals surface area contributed by atoms with Crippen LogP contribution in [0.4, 0.5) is 0 Å². The Hall–Kier alpha value is -4.12. The Labute approximate surface area is 340 Å². The summed E-state index contributed by atoms with van der Waals surface area (Å²) in [7, 11) is 1.40. The van der Waals surface area contributed by atoms with Crippen molar-refractivity contribution < 1.29 is 14.3 Å². The van der Waals surface area contributed by atoms with Crippen LogP contribution in [-0.2, 0) is 4.74 Å². The van der Waals surface area contributed by atoms with E-state index in [1.807, 2.05) is 0 Å². The Bertz CT molecular complexity index is 2590. The maximum absolute atomic E-state index is 12.6. The van der Waals surface area contributed by atoms with Crippen LogP contribution < -0.4 is 5.73 Å². The first-order valence-corrected chi connectivity index (χ1v) is 21.9. The van der Waals surface area contributed by atoms with Crippen molar-refractivity contribution in [3.8, 4) is 44.2 Å². The number of nitrogens with zero attached hydrogens (tertiary/aromatic N) is 8. The quantitative estimate of drug-likeness (QED) is 0.161. The Morgan fingerprint density at radius 3 is 1.58 bits per heavy atom. The summed E-state index contributed by atoms with van der Waals surface area (Å²) in [5.41, 5.74) is 12.7. The van der Waals surface area contributed by atoms with Gasteiger partial charge in [0.25, 0.3) is 5.91 Å². The van der Waals surface area contributed by atoms with Gasteiger partial charge in [0.05, 0.1) is 7.11 Å². The summed E-state index contributed by atoms with van der Waals surface area (Å²) in [4.78, 5) is 34.4. The number of hydrogen-bond acceptors (Lipinski definition) is 11. The van der Waals surface area contributed by atoms with Crippen molar-refractivity contribution in [3.63, 3.8) is 0 Å². The maximum atomic E-state index is 12.6. The number of esters is 1. The Kier molecular flexibility index (Phi) is 7.89. The van der Waals surface area contributed by atoms with E-state index in [0.717, 1.165) is 88.8 Å². The molecule has 2 aromatic carbocycles. The lowest BCUT2D eigenvalue weighted by atomic mass is 9.75. The summed E-state index contributed by atoms with van der Waals surface area (Å²) in [6, 6.07) is 13.4. The molecule has 6 aromatic rings. The number of benzene rings is 2. The first kappa shape index (κ1) is 34.2. The molecule has 8 aliphatic rings. The van der Waals surface area contributed by atoms with Crippen LogP contribution in [0.15, 0.2) is 45.3 Å². The van der Waals surface area contributed by atoms with Gasteiger partial charge < -0.3 is 19.6 Å². The van der Waals surface area contributed by atoms with Gasteiger partial charge in [-0.15, -0.1) is 20.4 Å². The highest BCUT2D eigenvalue weighted by atomic mass is 79.9. The molecule has 12 nitrogen and oxygen atoms in total. The third-order valence-electron chi connectivity index (χ3n) is 11.9. The number of carbonyl (C=O) groups is 2. The summed E-state index contributed by atoms with van der Waals surface area (Å²) in [5, 5.41) is 21.3. The van der Waals surface area contributed by atoms with Gasteiger partial charge in [-0.1, -0.05) is 66.7 Å². The van der Waals surface area contributed by atoms with E-state index in [2.05, 4.69) is 97.8 Å².